The van der Waals surface area contributed by atoms with Crippen molar-refractivity contribution in [3.63, 3.8) is 0 Å². The Kier molecular flexibility index (Phi) is 3.77. The lowest BCUT2D eigenvalue weighted by molar-refractivity contribution is 0.812. The molecule has 0 bridgehead atoms. The topological polar surface area (TPSA) is 15.9 Å². The first-order valence-electron chi connectivity index (χ1n) is 7.73. The molecule has 0 unspecified atom stereocenters. The lowest BCUT2D eigenvalue weighted by Crippen LogP contribution is -2.22. The molecule has 1 aromatic carbocycles. The SMILES string of the molecule is Cc1cc(=[N+](C)C)cc2sc3cc(C(C)C)cc(C)c3nc1-2. The van der Waals surface area contributed by atoms with E-state index < -0.39 is 0 Å². The maximum atomic E-state index is 4.97. The zero-order chi connectivity index (χ0) is 16.0. The van der Waals surface area contributed by atoms with Crippen LogP contribution in [0.1, 0.15) is 36.5 Å². The van der Waals surface area contributed by atoms with Crippen LogP contribution in [0.5, 0.6) is 0 Å². The predicted octanol–water partition coefficient (Wildman–Crippen LogP) is 4.17. The van der Waals surface area contributed by atoms with E-state index in [1.807, 2.05) is 11.3 Å². The minimum Gasteiger partial charge on any atom is -0.246 e. The van der Waals surface area contributed by atoms with Gasteiger partial charge in [0.05, 0.1) is 20.8 Å². The summed E-state index contributed by atoms with van der Waals surface area (Å²) in [5.74, 6) is 0.542. The number of aromatic nitrogens is 1. The van der Waals surface area contributed by atoms with Crippen LogP contribution in [0.4, 0.5) is 0 Å². The Morgan fingerprint density at radius 3 is 2.36 bits per heavy atom. The molecule has 0 amide bonds. The number of hydrogen-bond donors (Lipinski definition) is 0. The van der Waals surface area contributed by atoms with E-state index in [0.717, 1.165) is 11.2 Å². The minimum atomic E-state index is 0.542. The zero-order valence-corrected chi connectivity index (χ0v) is 15.0. The molecule has 0 aromatic heterocycles. The Labute approximate surface area is 136 Å². The second-order valence-corrected chi connectivity index (χ2v) is 7.64. The van der Waals surface area contributed by atoms with Gasteiger partial charge in [-0.1, -0.05) is 19.9 Å². The van der Waals surface area contributed by atoms with Crippen molar-refractivity contribution in [3.05, 3.63) is 46.3 Å². The van der Waals surface area contributed by atoms with Gasteiger partial charge in [-0.15, -0.1) is 11.3 Å². The Balaban J connectivity index is 2.42. The van der Waals surface area contributed by atoms with Gasteiger partial charge in [-0.05, 0) is 42.5 Å². The summed E-state index contributed by atoms with van der Waals surface area (Å²) >= 11 is 1.85. The van der Waals surface area contributed by atoms with Crippen molar-refractivity contribution in [1.82, 2.24) is 9.56 Å². The van der Waals surface area contributed by atoms with Crippen molar-refractivity contribution in [2.24, 2.45) is 0 Å². The number of fused-ring (bicyclic) bond motifs is 2. The van der Waals surface area contributed by atoms with Gasteiger partial charge in [0.2, 0.25) is 5.36 Å². The molecule has 0 saturated carbocycles. The highest BCUT2D eigenvalue weighted by Gasteiger charge is 2.14. The van der Waals surface area contributed by atoms with E-state index >= 15 is 0 Å². The molecule has 1 heterocycles. The van der Waals surface area contributed by atoms with Crippen LogP contribution in [-0.2, 0) is 0 Å². The van der Waals surface area contributed by atoms with E-state index in [4.69, 9.17) is 4.98 Å². The average molecular weight is 311 g/mol. The number of hydrogen-bond acceptors (Lipinski definition) is 2. The highest BCUT2D eigenvalue weighted by molar-refractivity contribution is 7.21. The summed E-state index contributed by atoms with van der Waals surface area (Å²) in [4.78, 5) is 6.23. The third kappa shape index (κ3) is 2.54. The van der Waals surface area contributed by atoms with Crippen LogP contribution < -0.4 is 9.93 Å². The first kappa shape index (κ1) is 15.2. The summed E-state index contributed by atoms with van der Waals surface area (Å²) in [5.41, 5.74) is 6.18. The molecule has 0 fully saturated rings. The predicted molar refractivity (Wildman–Crippen MR) is 96.9 cm³/mol. The van der Waals surface area contributed by atoms with E-state index in [0.29, 0.717) is 5.92 Å². The van der Waals surface area contributed by atoms with Crippen LogP contribution in [0.25, 0.3) is 20.8 Å². The normalized spacial score (nSPS) is 11.6. The summed E-state index contributed by atoms with van der Waals surface area (Å²) in [6.45, 7) is 8.81. The molecule has 1 aromatic rings. The molecule has 22 heavy (non-hydrogen) atoms. The fraction of sp³-hybridized carbons (Fsp3) is 0.368. The van der Waals surface area contributed by atoms with Gasteiger partial charge in [0, 0.05) is 12.1 Å². The lowest BCUT2D eigenvalue weighted by Gasteiger charge is -2.13. The second-order valence-electron chi connectivity index (χ2n) is 6.56. The zero-order valence-electron chi connectivity index (χ0n) is 14.2. The monoisotopic (exact) mass is 311 g/mol. The van der Waals surface area contributed by atoms with E-state index in [1.54, 1.807) is 0 Å². The van der Waals surface area contributed by atoms with Gasteiger partial charge in [-0.2, -0.15) is 0 Å². The van der Waals surface area contributed by atoms with Gasteiger partial charge in [0.25, 0.3) is 0 Å². The van der Waals surface area contributed by atoms with Gasteiger partial charge in [0.15, 0.2) is 0 Å². The van der Waals surface area contributed by atoms with Gasteiger partial charge in [-0.3, -0.25) is 0 Å². The van der Waals surface area contributed by atoms with Crippen LogP contribution in [0.3, 0.4) is 0 Å². The van der Waals surface area contributed by atoms with Gasteiger partial charge < -0.3 is 0 Å². The number of aryl methyl sites for hydroxylation is 2. The van der Waals surface area contributed by atoms with Crippen LogP contribution in [0.15, 0.2) is 24.3 Å². The summed E-state index contributed by atoms with van der Waals surface area (Å²) in [6.07, 6.45) is 0. The Bertz CT molecular complexity index is 899. The molecular weight excluding hydrogens is 288 g/mol. The van der Waals surface area contributed by atoms with E-state index in [2.05, 4.69) is 70.6 Å². The number of rotatable bonds is 1. The average Bonchev–Trinajstić information content (AvgIpc) is 2.45. The van der Waals surface area contributed by atoms with Gasteiger partial charge in [0.1, 0.15) is 14.1 Å². The molecule has 0 radical (unpaired) electrons. The number of nitrogens with zero attached hydrogens (tertiary/aromatic N) is 2. The molecular formula is C19H23N2S+. The standard InChI is InChI=1S/C19H23N2S/c1-11(2)14-7-12(3)18-16(9-14)22-17-10-15(21(5)6)8-13(4)19(17)20-18/h7-11H,1-6H3/q+1. The summed E-state index contributed by atoms with van der Waals surface area (Å²) in [6, 6.07) is 9.05. The largest absolute Gasteiger partial charge is 0.246 e. The molecule has 3 heteroatoms. The maximum Gasteiger partial charge on any atom is 0.201 e. The summed E-state index contributed by atoms with van der Waals surface area (Å²) in [7, 11) is 4.17. The Morgan fingerprint density at radius 2 is 1.73 bits per heavy atom. The molecule has 1 aliphatic heterocycles. The van der Waals surface area contributed by atoms with Gasteiger partial charge in [-0.25, -0.2) is 9.56 Å². The van der Waals surface area contributed by atoms with E-state index in [1.165, 1.54) is 31.6 Å². The molecule has 2 aliphatic rings. The van der Waals surface area contributed by atoms with Crippen LogP contribution in [0.2, 0.25) is 0 Å². The highest BCUT2D eigenvalue weighted by Crippen LogP contribution is 2.34. The Morgan fingerprint density at radius 1 is 1.00 bits per heavy atom. The Hall–Kier alpha value is -1.74. The van der Waals surface area contributed by atoms with Crippen molar-refractivity contribution in [1.29, 1.82) is 0 Å². The number of benzene rings is 2. The van der Waals surface area contributed by atoms with E-state index in [9.17, 15) is 0 Å². The second kappa shape index (κ2) is 5.47. The third-order valence-corrected chi connectivity index (χ3v) is 5.23. The van der Waals surface area contributed by atoms with Crippen molar-refractivity contribution in [2.75, 3.05) is 14.1 Å². The molecule has 2 nitrogen and oxygen atoms in total. The molecule has 3 rings (SSSR count). The minimum absolute atomic E-state index is 0.542. The van der Waals surface area contributed by atoms with Crippen molar-refractivity contribution >= 4 is 21.6 Å². The molecule has 0 saturated heterocycles. The molecule has 0 spiro atoms. The first-order valence-corrected chi connectivity index (χ1v) is 8.54. The lowest BCUT2D eigenvalue weighted by atomic mass is 10.0. The van der Waals surface area contributed by atoms with Crippen LogP contribution in [0, 0.1) is 13.8 Å². The van der Waals surface area contributed by atoms with Crippen LogP contribution >= 0.6 is 11.3 Å². The van der Waals surface area contributed by atoms with Crippen molar-refractivity contribution in [2.45, 2.75) is 33.6 Å². The third-order valence-electron chi connectivity index (χ3n) is 4.16. The van der Waals surface area contributed by atoms with Gasteiger partial charge >= 0.3 is 0 Å². The fourth-order valence-corrected chi connectivity index (χ4v) is 3.99. The highest BCUT2D eigenvalue weighted by atomic mass is 32.1. The fourth-order valence-electron chi connectivity index (χ4n) is 2.77. The molecule has 0 atom stereocenters. The molecule has 1 aliphatic carbocycles. The van der Waals surface area contributed by atoms with Crippen molar-refractivity contribution < 1.29 is 0 Å². The summed E-state index contributed by atoms with van der Waals surface area (Å²) in [5, 5.41) is 1.24. The molecule has 0 N–H and O–H groups in total. The van der Waals surface area contributed by atoms with Crippen molar-refractivity contribution in [3.8, 4) is 10.6 Å². The first-order chi connectivity index (χ1) is 10.4. The van der Waals surface area contributed by atoms with Crippen LogP contribution in [-0.4, -0.2) is 19.1 Å². The summed E-state index contributed by atoms with van der Waals surface area (Å²) < 4.78 is 3.44. The maximum absolute atomic E-state index is 4.97. The smallest absolute Gasteiger partial charge is 0.201 e. The quantitative estimate of drug-likeness (QED) is 0.486. The molecule has 114 valence electrons. The van der Waals surface area contributed by atoms with E-state index in [-0.39, 0.29) is 0 Å².